The number of β-amino-alcohol motifs (C(OH)–C–C–N with tert-alkyl or cyclic N) is 1. The van der Waals surface area contributed by atoms with Gasteiger partial charge in [-0.3, -0.25) is 9.20 Å². The first kappa shape index (κ1) is 19.7. The number of aliphatic hydroxyl groups is 1. The Morgan fingerprint density at radius 2 is 1.84 bits per heavy atom. The molecule has 10 heteroatoms. The number of benzene rings is 1. The summed E-state index contributed by atoms with van der Waals surface area (Å²) in [5.74, 6) is 0.419. The van der Waals surface area contributed by atoms with Crippen molar-refractivity contribution in [2.24, 2.45) is 0 Å². The number of rotatable bonds is 3. The summed E-state index contributed by atoms with van der Waals surface area (Å²) in [4.78, 5) is 22.7. The zero-order valence-electron chi connectivity index (χ0n) is 17.0. The van der Waals surface area contributed by atoms with Crippen LogP contribution in [-0.2, 0) is 14.8 Å². The second-order valence-electron chi connectivity index (χ2n) is 7.85. The monoisotopic (exact) mass is 439 g/mol. The van der Waals surface area contributed by atoms with Crippen molar-refractivity contribution in [1.29, 1.82) is 0 Å². The number of fused-ring (bicyclic) bond motifs is 3. The average Bonchev–Trinajstić information content (AvgIpc) is 3.43. The number of carbonyl (C=O) groups excluding carboxylic acids is 1. The number of nitrogens with zero attached hydrogens (tertiary/aromatic N) is 5. The molecule has 1 aliphatic rings. The number of aromatic nitrogens is 4. The molecule has 1 amide bonds. The topological polar surface area (TPSA) is 110 Å². The van der Waals surface area contributed by atoms with Gasteiger partial charge >= 0.3 is 0 Å². The van der Waals surface area contributed by atoms with Gasteiger partial charge in [0.25, 0.3) is 10.0 Å². The van der Waals surface area contributed by atoms with Crippen molar-refractivity contribution < 1.29 is 18.3 Å². The maximum atomic E-state index is 13.2. The lowest BCUT2D eigenvalue weighted by atomic mass is 10.2. The first-order chi connectivity index (χ1) is 14.8. The van der Waals surface area contributed by atoms with Crippen molar-refractivity contribution in [1.82, 2.24) is 23.2 Å². The van der Waals surface area contributed by atoms with E-state index in [9.17, 15) is 18.3 Å². The van der Waals surface area contributed by atoms with E-state index in [0.717, 1.165) is 9.54 Å². The predicted octanol–water partition coefficient (Wildman–Crippen LogP) is 1.88. The van der Waals surface area contributed by atoms with E-state index in [1.807, 2.05) is 11.3 Å². The van der Waals surface area contributed by atoms with Gasteiger partial charge in [0.2, 0.25) is 5.91 Å². The second-order valence-corrected chi connectivity index (χ2v) is 9.67. The van der Waals surface area contributed by atoms with Gasteiger partial charge in [-0.15, -0.1) is 0 Å². The van der Waals surface area contributed by atoms with Gasteiger partial charge < -0.3 is 10.0 Å². The Bertz CT molecular complexity index is 1420. The minimum Gasteiger partial charge on any atom is -0.391 e. The molecule has 9 nitrogen and oxygen atoms in total. The SMILES string of the molecule is CC(=O)N1C[C@H](O)C[C@@H]1c1ncc2cnc3c(ccn3S(=O)(=O)c3ccc(C)cc3)n12. The molecular formula is C21H21N5O4S. The molecule has 4 heterocycles. The van der Waals surface area contributed by atoms with Crippen LogP contribution in [0.5, 0.6) is 0 Å². The van der Waals surface area contributed by atoms with Crippen LogP contribution in [0.2, 0.25) is 0 Å². The standard InChI is InChI=1S/C21H21N5O4S/c1-13-3-5-17(6-4-13)31(29,30)25-8-7-18-20(25)22-10-15-11-23-21(26(15)18)19-9-16(28)12-24(19)14(2)27/h3-8,10-11,16,19,28H,9,12H2,1-2H3/t16-,19-/m1/s1. The van der Waals surface area contributed by atoms with Gasteiger partial charge in [-0.1, -0.05) is 17.7 Å². The first-order valence-electron chi connectivity index (χ1n) is 9.88. The number of carbonyl (C=O) groups is 1. The van der Waals surface area contributed by atoms with Gasteiger partial charge in [-0.2, -0.15) is 0 Å². The largest absolute Gasteiger partial charge is 0.391 e. The Morgan fingerprint density at radius 3 is 2.55 bits per heavy atom. The van der Waals surface area contributed by atoms with Gasteiger partial charge in [-0.05, 0) is 25.1 Å². The zero-order valence-corrected chi connectivity index (χ0v) is 17.8. The van der Waals surface area contributed by atoms with Crippen molar-refractivity contribution in [2.75, 3.05) is 6.54 Å². The summed E-state index contributed by atoms with van der Waals surface area (Å²) in [7, 11) is -3.84. The quantitative estimate of drug-likeness (QED) is 0.522. The van der Waals surface area contributed by atoms with Crippen LogP contribution < -0.4 is 0 Å². The third-order valence-electron chi connectivity index (χ3n) is 5.74. The van der Waals surface area contributed by atoms with Crippen molar-refractivity contribution in [2.45, 2.75) is 37.3 Å². The van der Waals surface area contributed by atoms with Crippen molar-refractivity contribution in [3.8, 4) is 0 Å². The molecule has 1 fully saturated rings. The fourth-order valence-corrected chi connectivity index (χ4v) is 5.51. The van der Waals surface area contributed by atoms with Crippen LogP contribution in [0, 0.1) is 6.92 Å². The van der Waals surface area contributed by atoms with Gasteiger partial charge in [0.05, 0.1) is 40.5 Å². The molecule has 1 N–H and O–H groups in total. The molecule has 0 radical (unpaired) electrons. The number of imidazole rings is 1. The molecule has 0 spiro atoms. The summed E-state index contributed by atoms with van der Waals surface area (Å²) in [6, 6.07) is 7.91. The van der Waals surface area contributed by atoms with Crippen molar-refractivity contribution >= 4 is 32.6 Å². The summed E-state index contributed by atoms with van der Waals surface area (Å²) in [5, 5.41) is 10.1. The van der Waals surface area contributed by atoms with E-state index >= 15 is 0 Å². The molecule has 0 unspecified atom stereocenters. The first-order valence-corrected chi connectivity index (χ1v) is 11.3. The minimum absolute atomic E-state index is 0.150. The number of aliphatic hydroxyl groups excluding tert-OH is 1. The second kappa shape index (κ2) is 6.89. The summed E-state index contributed by atoms with van der Waals surface area (Å²) in [6.07, 6.45) is 4.40. The molecule has 4 aromatic rings. The van der Waals surface area contributed by atoms with Gasteiger partial charge in [0.1, 0.15) is 5.82 Å². The molecule has 0 bridgehead atoms. The molecule has 0 aliphatic carbocycles. The third kappa shape index (κ3) is 3.02. The van der Waals surface area contributed by atoms with Crippen LogP contribution >= 0.6 is 0 Å². The van der Waals surface area contributed by atoms with Crippen LogP contribution in [0.25, 0.3) is 16.7 Å². The van der Waals surface area contributed by atoms with E-state index in [1.165, 1.54) is 13.1 Å². The highest BCUT2D eigenvalue weighted by Crippen LogP contribution is 2.33. The van der Waals surface area contributed by atoms with E-state index < -0.39 is 22.2 Å². The number of amides is 1. The maximum absolute atomic E-state index is 13.2. The number of hydrogen-bond donors (Lipinski definition) is 1. The highest BCUT2D eigenvalue weighted by atomic mass is 32.2. The fourth-order valence-electron chi connectivity index (χ4n) is 4.21. The maximum Gasteiger partial charge on any atom is 0.269 e. The predicted molar refractivity (Wildman–Crippen MR) is 113 cm³/mol. The Morgan fingerprint density at radius 1 is 1.13 bits per heavy atom. The number of likely N-dealkylation sites (tertiary alicyclic amines) is 1. The Hall–Kier alpha value is -3.24. The van der Waals surface area contributed by atoms with E-state index in [2.05, 4.69) is 9.97 Å². The van der Waals surface area contributed by atoms with E-state index in [4.69, 9.17) is 0 Å². The Kier molecular flexibility index (Phi) is 4.38. The number of hydrogen-bond acceptors (Lipinski definition) is 6. The molecule has 3 aromatic heterocycles. The Balaban J connectivity index is 1.69. The summed E-state index contributed by atoms with van der Waals surface area (Å²) < 4.78 is 29.4. The van der Waals surface area contributed by atoms with Crippen LogP contribution in [0.1, 0.15) is 30.8 Å². The lowest BCUT2D eigenvalue weighted by Crippen LogP contribution is -2.30. The molecule has 0 saturated carbocycles. The van der Waals surface area contributed by atoms with Crippen LogP contribution in [0.4, 0.5) is 0 Å². The summed E-state index contributed by atoms with van der Waals surface area (Å²) in [6.45, 7) is 3.60. The van der Waals surface area contributed by atoms with Gasteiger partial charge in [0, 0.05) is 26.1 Å². The molecular weight excluding hydrogens is 418 g/mol. The molecule has 1 aromatic carbocycles. The third-order valence-corrected chi connectivity index (χ3v) is 7.42. The molecule has 5 rings (SSSR count). The van der Waals surface area contributed by atoms with Crippen LogP contribution in [0.3, 0.4) is 0 Å². The summed E-state index contributed by atoms with van der Waals surface area (Å²) in [5.41, 5.74) is 2.47. The molecule has 2 atom stereocenters. The van der Waals surface area contributed by atoms with E-state index in [0.29, 0.717) is 23.3 Å². The van der Waals surface area contributed by atoms with Gasteiger partial charge in [-0.25, -0.2) is 22.4 Å². The molecule has 1 aliphatic heterocycles. The van der Waals surface area contributed by atoms with Crippen molar-refractivity contribution in [3.05, 3.63) is 60.3 Å². The lowest BCUT2D eigenvalue weighted by molar-refractivity contribution is -0.130. The van der Waals surface area contributed by atoms with E-state index in [-0.39, 0.29) is 23.0 Å². The van der Waals surface area contributed by atoms with Crippen LogP contribution in [-0.4, -0.2) is 55.3 Å². The highest BCUT2D eigenvalue weighted by molar-refractivity contribution is 7.90. The minimum atomic E-state index is -3.84. The average molecular weight is 439 g/mol. The Labute approximate surface area is 178 Å². The highest BCUT2D eigenvalue weighted by Gasteiger charge is 2.36. The van der Waals surface area contributed by atoms with Crippen LogP contribution in [0.15, 0.2) is 53.8 Å². The molecule has 160 valence electrons. The van der Waals surface area contributed by atoms with E-state index in [1.54, 1.807) is 47.6 Å². The summed E-state index contributed by atoms with van der Waals surface area (Å²) >= 11 is 0. The molecule has 31 heavy (non-hydrogen) atoms. The zero-order chi connectivity index (χ0) is 21.9. The fraction of sp³-hybridized carbons (Fsp3) is 0.286. The van der Waals surface area contributed by atoms with Gasteiger partial charge in [0.15, 0.2) is 5.65 Å². The van der Waals surface area contributed by atoms with Crippen molar-refractivity contribution in [3.63, 3.8) is 0 Å². The normalized spacial score (nSPS) is 19.5. The number of aryl methyl sites for hydroxylation is 1. The lowest BCUT2D eigenvalue weighted by Gasteiger charge is -2.22. The molecule has 1 saturated heterocycles. The smallest absolute Gasteiger partial charge is 0.269 e.